The molecule has 0 saturated carbocycles. The highest BCUT2D eigenvalue weighted by Gasteiger charge is 2.22. The van der Waals surface area contributed by atoms with Crippen molar-refractivity contribution in [1.82, 2.24) is 15.6 Å². The Labute approximate surface area is 164 Å². The van der Waals surface area contributed by atoms with E-state index in [1.807, 2.05) is 31.4 Å². The number of guanidine groups is 1. The minimum Gasteiger partial charge on any atom is -0.368 e. The van der Waals surface area contributed by atoms with Gasteiger partial charge < -0.3 is 15.5 Å². The fourth-order valence-corrected chi connectivity index (χ4v) is 4.26. The molecule has 0 bridgehead atoms. The fourth-order valence-electron chi connectivity index (χ4n) is 3.21. The van der Waals surface area contributed by atoms with Crippen LogP contribution in [-0.2, 0) is 6.42 Å². The lowest BCUT2D eigenvalue weighted by molar-refractivity contribution is 0.468. The monoisotopic (exact) mass is 391 g/mol. The van der Waals surface area contributed by atoms with Crippen molar-refractivity contribution in [3.8, 4) is 0 Å². The summed E-state index contributed by atoms with van der Waals surface area (Å²) in [5.41, 5.74) is 1.11. The molecule has 1 atom stereocenters. The van der Waals surface area contributed by atoms with E-state index in [1.165, 1.54) is 4.88 Å². The molecule has 2 N–H and O–H groups in total. The van der Waals surface area contributed by atoms with Gasteiger partial charge in [-0.2, -0.15) is 0 Å². The van der Waals surface area contributed by atoms with Gasteiger partial charge in [0.25, 0.3) is 0 Å². The number of aromatic nitrogens is 1. The van der Waals surface area contributed by atoms with Gasteiger partial charge in [0, 0.05) is 50.2 Å². The summed E-state index contributed by atoms with van der Waals surface area (Å²) in [6.45, 7) is 4.88. The highest BCUT2D eigenvalue weighted by Crippen LogP contribution is 2.27. The summed E-state index contributed by atoms with van der Waals surface area (Å²) in [5, 5.41) is 8.93. The number of hydrogen-bond acceptors (Lipinski definition) is 4. The molecule has 7 heteroatoms. The van der Waals surface area contributed by atoms with Gasteiger partial charge in [0.1, 0.15) is 0 Å². The van der Waals surface area contributed by atoms with Crippen LogP contribution in [0.25, 0.3) is 0 Å². The molecule has 1 aliphatic rings. The first kappa shape index (κ1) is 19.0. The van der Waals surface area contributed by atoms with Crippen LogP contribution in [0.4, 0.5) is 5.69 Å². The van der Waals surface area contributed by atoms with E-state index in [1.54, 1.807) is 11.3 Å². The molecule has 5 nitrogen and oxygen atoms in total. The van der Waals surface area contributed by atoms with Crippen molar-refractivity contribution in [3.05, 3.63) is 45.4 Å². The number of aryl methyl sites for hydroxylation is 1. The Morgan fingerprint density at radius 3 is 3.00 bits per heavy atom. The maximum absolute atomic E-state index is 6.36. The summed E-state index contributed by atoms with van der Waals surface area (Å²) in [6.07, 6.45) is 5.11. The number of hydrogen-bond donors (Lipinski definition) is 2. The minimum atomic E-state index is 0.355. The standard InChI is InChI=1S/C19H26ClN5S/c1-14-12-23-18(26-14)9-10-22-19(21-2)24-15-6-5-11-25(13-15)17-8-4-3-7-16(17)20/h3-4,7-8,12,15H,5-6,9-11,13H2,1-2H3,(H2,21,22,24). The topological polar surface area (TPSA) is 52.6 Å². The van der Waals surface area contributed by atoms with Gasteiger partial charge in [0.2, 0.25) is 0 Å². The average Bonchev–Trinajstić information content (AvgIpc) is 3.06. The molecule has 1 unspecified atom stereocenters. The average molecular weight is 392 g/mol. The third kappa shape index (κ3) is 5.11. The van der Waals surface area contributed by atoms with Crippen LogP contribution < -0.4 is 15.5 Å². The first-order chi connectivity index (χ1) is 12.7. The molecule has 26 heavy (non-hydrogen) atoms. The lowest BCUT2D eigenvalue weighted by atomic mass is 10.0. The molecule has 1 saturated heterocycles. The van der Waals surface area contributed by atoms with Gasteiger partial charge in [-0.3, -0.25) is 4.99 Å². The number of nitrogens with zero attached hydrogens (tertiary/aromatic N) is 3. The second-order valence-electron chi connectivity index (χ2n) is 6.49. The number of anilines is 1. The maximum atomic E-state index is 6.36. The molecule has 3 rings (SSSR count). The molecule has 0 aliphatic carbocycles. The first-order valence-electron chi connectivity index (χ1n) is 9.03. The highest BCUT2D eigenvalue weighted by atomic mass is 35.5. The van der Waals surface area contributed by atoms with Gasteiger partial charge in [-0.1, -0.05) is 23.7 Å². The molecule has 1 aromatic carbocycles. The molecular weight excluding hydrogens is 366 g/mol. The zero-order valence-corrected chi connectivity index (χ0v) is 16.9. The van der Waals surface area contributed by atoms with E-state index in [2.05, 4.69) is 38.5 Å². The molecule has 1 fully saturated rings. The van der Waals surface area contributed by atoms with E-state index >= 15 is 0 Å². The van der Waals surface area contributed by atoms with E-state index in [0.717, 1.165) is 60.6 Å². The summed E-state index contributed by atoms with van der Waals surface area (Å²) < 4.78 is 0. The number of benzene rings is 1. The Morgan fingerprint density at radius 2 is 2.27 bits per heavy atom. The molecule has 1 aromatic heterocycles. The number of rotatable bonds is 5. The Kier molecular flexibility index (Phi) is 6.74. The number of para-hydroxylation sites is 1. The summed E-state index contributed by atoms with van der Waals surface area (Å²) in [7, 11) is 1.82. The van der Waals surface area contributed by atoms with E-state index in [0.29, 0.717) is 6.04 Å². The molecule has 2 aromatic rings. The van der Waals surface area contributed by atoms with Crippen LogP contribution >= 0.6 is 22.9 Å². The Balaban J connectivity index is 1.50. The Hall–Kier alpha value is -1.79. The second-order valence-corrected chi connectivity index (χ2v) is 8.22. The fraction of sp³-hybridized carbons (Fsp3) is 0.474. The number of piperidine rings is 1. The Morgan fingerprint density at radius 1 is 1.42 bits per heavy atom. The minimum absolute atomic E-state index is 0.355. The molecule has 0 radical (unpaired) electrons. The highest BCUT2D eigenvalue weighted by molar-refractivity contribution is 7.11. The van der Waals surface area contributed by atoms with Gasteiger partial charge in [0.15, 0.2) is 5.96 Å². The van der Waals surface area contributed by atoms with Gasteiger partial charge in [-0.25, -0.2) is 4.98 Å². The number of halogens is 1. The SMILES string of the molecule is CN=C(NCCc1ncc(C)s1)NC1CCCN(c2ccccc2Cl)C1. The van der Waals surface area contributed by atoms with E-state index in [9.17, 15) is 0 Å². The van der Waals surface area contributed by atoms with Crippen molar-refractivity contribution in [3.63, 3.8) is 0 Å². The molecule has 2 heterocycles. The van der Waals surface area contributed by atoms with Crippen LogP contribution in [-0.4, -0.2) is 43.7 Å². The largest absolute Gasteiger partial charge is 0.368 e. The van der Waals surface area contributed by atoms with E-state index < -0.39 is 0 Å². The van der Waals surface area contributed by atoms with Gasteiger partial charge in [0.05, 0.1) is 15.7 Å². The predicted octanol–water partition coefficient (Wildman–Crippen LogP) is 3.48. The van der Waals surface area contributed by atoms with Crippen molar-refractivity contribution in [2.75, 3.05) is 31.6 Å². The van der Waals surface area contributed by atoms with Gasteiger partial charge in [-0.05, 0) is 31.9 Å². The third-order valence-corrected chi connectivity index (χ3v) is 5.77. The molecular formula is C19H26ClN5S. The summed E-state index contributed by atoms with van der Waals surface area (Å²) in [5.74, 6) is 0.851. The van der Waals surface area contributed by atoms with Gasteiger partial charge >= 0.3 is 0 Å². The molecule has 0 amide bonds. The summed E-state index contributed by atoms with van der Waals surface area (Å²) in [4.78, 5) is 12.4. The molecule has 1 aliphatic heterocycles. The predicted molar refractivity (Wildman–Crippen MR) is 112 cm³/mol. The smallest absolute Gasteiger partial charge is 0.191 e. The van der Waals surface area contributed by atoms with E-state index in [-0.39, 0.29) is 0 Å². The van der Waals surface area contributed by atoms with Crippen LogP contribution in [0, 0.1) is 6.92 Å². The second kappa shape index (κ2) is 9.24. The zero-order chi connectivity index (χ0) is 18.4. The van der Waals surface area contributed by atoms with Gasteiger partial charge in [-0.15, -0.1) is 11.3 Å². The number of thiazole rings is 1. The quantitative estimate of drug-likeness (QED) is 0.605. The molecule has 140 valence electrons. The van der Waals surface area contributed by atoms with Crippen LogP contribution in [0.15, 0.2) is 35.5 Å². The first-order valence-corrected chi connectivity index (χ1v) is 10.2. The molecule has 0 spiro atoms. The third-order valence-electron chi connectivity index (χ3n) is 4.48. The van der Waals surface area contributed by atoms with Crippen LogP contribution in [0.1, 0.15) is 22.7 Å². The van der Waals surface area contributed by atoms with Crippen molar-refractivity contribution in [1.29, 1.82) is 0 Å². The number of nitrogens with one attached hydrogen (secondary N) is 2. The number of aliphatic imine (C=N–C) groups is 1. The van der Waals surface area contributed by atoms with Crippen molar-refractivity contribution >= 4 is 34.6 Å². The maximum Gasteiger partial charge on any atom is 0.191 e. The summed E-state index contributed by atoms with van der Waals surface area (Å²) >= 11 is 8.12. The van der Waals surface area contributed by atoms with Crippen LogP contribution in [0.2, 0.25) is 5.02 Å². The normalized spacial score (nSPS) is 18.0. The lowest BCUT2D eigenvalue weighted by Gasteiger charge is -2.35. The van der Waals surface area contributed by atoms with Crippen LogP contribution in [0.5, 0.6) is 0 Å². The van der Waals surface area contributed by atoms with Crippen molar-refractivity contribution < 1.29 is 0 Å². The van der Waals surface area contributed by atoms with Crippen LogP contribution in [0.3, 0.4) is 0 Å². The zero-order valence-electron chi connectivity index (χ0n) is 15.3. The summed E-state index contributed by atoms with van der Waals surface area (Å²) in [6, 6.07) is 8.41. The van der Waals surface area contributed by atoms with Crippen molar-refractivity contribution in [2.24, 2.45) is 4.99 Å². The van der Waals surface area contributed by atoms with Crippen molar-refractivity contribution in [2.45, 2.75) is 32.2 Å². The lowest BCUT2D eigenvalue weighted by Crippen LogP contribution is -2.51. The van der Waals surface area contributed by atoms with E-state index in [4.69, 9.17) is 11.6 Å². The Bertz CT molecular complexity index is 745.